The first-order chi connectivity index (χ1) is 10.5. The van der Waals surface area contributed by atoms with Gasteiger partial charge in [0.15, 0.2) is 0 Å². The highest BCUT2D eigenvalue weighted by Gasteiger charge is 2.44. The van der Waals surface area contributed by atoms with E-state index in [9.17, 15) is 4.79 Å². The summed E-state index contributed by atoms with van der Waals surface area (Å²) in [6, 6.07) is 9.19. The monoisotopic (exact) mass is 364 g/mol. The highest BCUT2D eigenvalue weighted by atomic mass is 79.9. The van der Waals surface area contributed by atoms with Crippen molar-refractivity contribution in [2.24, 2.45) is 11.8 Å². The molecule has 0 N–H and O–H groups in total. The molecule has 1 amide bonds. The molecular weight excluding hydrogens is 340 g/mol. The number of benzene rings is 1. The fourth-order valence-electron chi connectivity index (χ4n) is 3.69. The molecular formula is C18H25BrN2O. The van der Waals surface area contributed by atoms with Crippen LogP contribution < -0.4 is 4.90 Å². The number of rotatable bonds is 3. The van der Waals surface area contributed by atoms with E-state index in [-0.39, 0.29) is 5.91 Å². The van der Waals surface area contributed by atoms with Crippen LogP contribution in [0.2, 0.25) is 0 Å². The number of hydrogen-bond donors (Lipinski definition) is 0. The van der Waals surface area contributed by atoms with Crippen LogP contribution in [0, 0.1) is 11.8 Å². The normalized spacial score (nSPS) is 25.7. The molecule has 1 aliphatic carbocycles. The Labute approximate surface area is 141 Å². The Bertz CT molecular complexity index is 544. The molecule has 4 heteroatoms. The van der Waals surface area contributed by atoms with E-state index >= 15 is 0 Å². The van der Waals surface area contributed by atoms with Gasteiger partial charge in [0.25, 0.3) is 0 Å². The third-order valence-electron chi connectivity index (χ3n) is 5.00. The number of halogens is 1. The molecule has 120 valence electrons. The lowest BCUT2D eigenvalue weighted by molar-refractivity contribution is -0.136. The van der Waals surface area contributed by atoms with Crippen molar-refractivity contribution in [1.29, 1.82) is 0 Å². The SMILES string of the molecule is CC(=O)N1C(C(C)C)CN(c2cccc(Br)c2)CC1C1CC1. The van der Waals surface area contributed by atoms with E-state index in [0.29, 0.717) is 23.9 Å². The molecule has 3 rings (SSSR count). The summed E-state index contributed by atoms with van der Waals surface area (Å²) in [6.45, 7) is 8.09. The molecule has 3 nitrogen and oxygen atoms in total. The molecule has 1 aromatic carbocycles. The lowest BCUT2D eigenvalue weighted by Gasteiger charge is -2.49. The van der Waals surface area contributed by atoms with Crippen molar-refractivity contribution >= 4 is 27.5 Å². The van der Waals surface area contributed by atoms with Crippen LogP contribution in [0.15, 0.2) is 28.7 Å². The molecule has 1 aromatic rings. The summed E-state index contributed by atoms with van der Waals surface area (Å²) >= 11 is 3.57. The number of nitrogens with zero attached hydrogens (tertiary/aromatic N) is 2. The van der Waals surface area contributed by atoms with Crippen LogP contribution in [-0.4, -0.2) is 36.0 Å². The standard InChI is InChI=1S/C18H25BrN2O/c1-12(2)17-10-20(16-6-4-5-15(19)9-16)11-18(14-7-8-14)21(17)13(3)22/h4-6,9,12,14,17-18H,7-8,10-11H2,1-3H3. The van der Waals surface area contributed by atoms with Crippen LogP contribution >= 0.6 is 15.9 Å². The first-order valence-electron chi connectivity index (χ1n) is 8.26. The third-order valence-corrected chi connectivity index (χ3v) is 5.50. The Morgan fingerprint density at radius 1 is 1.27 bits per heavy atom. The Hall–Kier alpha value is -1.03. The molecule has 2 aliphatic rings. The van der Waals surface area contributed by atoms with Crippen LogP contribution in [0.1, 0.15) is 33.6 Å². The molecule has 1 saturated carbocycles. The Morgan fingerprint density at radius 2 is 2.00 bits per heavy atom. The van der Waals surface area contributed by atoms with Crippen molar-refractivity contribution in [3.05, 3.63) is 28.7 Å². The predicted octanol–water partition coefficient (Wildman–Crippen LogP) is 3.92. The summed E-state index contributed by atoms with van der Waals surface area (Å²) in [5, 5.41) is 0. The van der Waals surface area contributed by atoms with Crippen molar-refractivity contribution in [3.63, 3.8) is 0 Å². The van der Waals surface area contributed by atoms with Gasteiger partial charge >= 0.3 is 0 Å². The van der Waals surface area contributed by atoms with Crippen LogP contribution in [0.4, 0.5) is 5.69 Å². The zero-order chi connectivity index (χ0) is 15.9. The van der Waals surface area contributed by atoms with Gasteiger partial charge in [-0.05, 0) is 42.9 Å². The largest absolute Gasteiger partial charge is 0.367 e. The van der Waals surface area contributed by atoms with Gasteiger partial charge in [0.1, 0.15) is 0 Å². The fraction of sp³-hybridized carbons (Fsp3) is 0.611. The summed E-state index contributed by atoms with van der Waals surface area (Å²) in [4.78, 5) is 16.9. The van der Waals surface area contributed by atoms with Gasteiger partial charge < -0.3 is 9.80 Å². The molecule has 2 unspecified atom stereocenters. The smallest absolute Gasteiger partial charge is 0.220 e. The molecule has 22 heavy (non-hydrogen) atoms. The van der Waals surface area contributed by atoms with E-state index in [2.05, 4.69) is 63.8 Å². The van der Waals surface area contributed by atoms with E-state index in [1.165, 1.54) is 18.5 Å². The van der Waals surface area contributed by atoms with Crippen molar-refractivity contribution in [3.8, 4) is 0 Å². The van der Waals surface area contributed by atoms with Crippen LogP contribution in [0.25, 0.3) is 0 Å². The minimum absolute atomic E-state index is 0.240. The topological polar surface area (TPSA) is 23.6 Å². The van der Waals surface area contributed by atoms with Gasteiger partial charge in [-0.3, -0.25) is 4.79 Å². The van der Waals surface area contributed by atoms with Gasteiger partial charge in [0, 0.05) is 30.2 Å². The summed E-state index contributed by atoms with van der Waals surface area (Å²) in [5.41, 5.74) is 1.26. The first-order valence-corrected chi connectivity index (χ1v) is 9.06. The summed E-state index contributed by atoms with van der Waals surface area (Å²) < 4.78 is 1.11. The highest BCUT2D eigenvalue weighted by Crippen LogP contribution is 2.40. The molecule has 0 aromatic heterocycles. The maximum Gasteiger partial charge on any atom is 0.220 e. The molecule has 1 saturated heterocycles. The average Bonchev–Trinajstić information content (AvgIpc) is 3.30. The van der Waals surface area contributed by atoms with Crippen LogP contribution in [0.5, 0.6) is 0 Å². The number of amides is 1. The number of anilines is 1. The number of hydrogen-bond acceptors (Lipinski definition) is 2. The zero-order valence-electron chi connectivity index (χ0n) is 13.6. The Kier molecular flexibility index (Phi) is 4.49. The van der Waals surface area contributed by atoms with E-state index < -0.39 is 0 Å². The van der Waals surface area contributed by atoms with E-state index in [1.54, 1.807) is 6.92 Å². The van der Waals surface area contributed by atoms with Gasteiger partial charge in [0.05, 0.1) is 12.1 Å². The molecule has 1 aliphatic heterocycles. The molecule has 2 atom stereocenters. The lowest BCUT2D eigenvalue weighted by Crippen LogP contribution is -2.62. The lowest BCUT2D eigenvalue weighted by atomic mass is 9.93. The predicted molar refractivity (Wildman–Crippen MR) is 94.0 cm³/mol. The van der Waals surface area contributed by atoms with Crippen LogP contribution in [-0.2, 0) is 4.79 Å². The fourth-order valence-corrected chi connectivity index (χ4v) is 4.08. The molecule has 0 bridgehead atoms. The third kappa shape index (κ3) is 3.17. The van der Waals surface area contributed by atoms with Gasteiger partial charge in [-0.2, -0.15) is 0 Å². The summed E-state index contributed by atoms with van der Waals surface area (Å²) in [6.07, 6.45) is 2.54. The number of piperazine rings is 1. The Morgan fingerprint density at radius 3 is 2.55 bits per heavy atom. The van der Waals surface area contributed by atoms with Crippen molar-refractivity contribution in [2.75, 3.05) is 18.0 Å². The van der Waals surface area contributed by atoms with Gasteiger partial charge in [0.2, 0.25) is 5.91 Å². The highest BCUT2D eigenvalue weighted by molar-refractivity contribution is 9.10. The van der Waals surface area contributed by atoms with E-state index in [1.807, 2.05) is 0 Å². The molecule has 0 spiro atoms. The van der Waals surface area contributed by atoms with Crippen molar-refractivity contribution in [1.82, 2.24) is 4.90 Å². The van der Waals surface area contributed by atoms with Crippen molar-refractivity contribution < 1.29 is 4.79 Å². The maximum absolute atomic E-state index is 12.3. The molecule has 0 radical (unpaired) electrons. The number of carbonyl (C=O) groups is 1. The minimum atomic E-state index is 0.240. The quantitative estimate of drug-likeness (QED) is 0.811. The summed E-state index contributed by atoms with van der Waals surface area (Å²) in [7, 11) is 0. The summed E-state index contributed by atoms with van der Waals surface area (Å²) in [5.74, 6) is 1.41. The Balaban J connectivity index is 1.90. The van der Waals surface area contributed by atoms with E-state index in [0.717, 1.165) is 17.6 Å². The van der Waals surface area contributed by atoms with Crippen molar-refractivity contribution in [2.45, 2.75) is 45.7 Å². The van der Waals surface area contributed by atoms with Gasteiger partial charge in [-0.25, -0.2) is 0 Å². The van der Waals surface area contributed by atoms with E-state index in [4.69, 9.17) is 0 Å². The molecule has 2 fully saturated rings. The second kappa shape index (κ2) is 6.23. The molecule has 1 heterocycles. The first kappa shape index (κ1) is 15.9. The minimum Gasteiger partial charge on any atom is -0.367 e. The number of carbonyl (C=O) groups excluding carboxylic acids is 1. The second-order valence-electron chi connectivity index (χ2n) is 7.03. The van der Waals surface area contributed by atoms with Gasteiger partial charge in [-0.15, -0.1) is 0 Å². The second-order valence-corrected chi connectivity index (χ2v) is 7.94. The average molecular weight is 365 g/mol. The maximum atomic E-state index is 12.3. The zero-order valence-corrected chi connectivity index (χ0v) is 15.2. The van der Waals surface area contributed by atoms with Crippen LogP contribution in [0.3, 0.4) is 0 Å². The van der Waals surface area contributed by atoms with Gasteiger partial charge in [-0.1, -0.05) is 35.8 Å².